The van der Waals surface area contributed by atoms with Crippen molar-refractivity contribution >= 4 is 35.4 Å². The Bertz CT molecular complexity index is 897. The molecule has 2 aromatic heterocycles. The normalized spacial score (nSPS) is 13.8. The first kappa shape index (κ1) is 13.2. The number of fused-ring (bicyclic) bond motifs is 3. The van der Waals surface area contributed by atoms with Gasteiger partial charge in [-0.15, -0.1) is 0 Å². The second kappa shape index (κ2) is 4.77. The molecule has 0 fully saturated rings. The van der Waals surface area contributed by atoms with Crippen molar-refractivity contribution in [3.63, 3.8) is 0 Å². The average Bonchev–Trinajstić information content (AvgIpc) is 2.90. The molecule has 1 aliphatic rings. The van der Waals surface area contributed by atoms with Gasteiger partial charge in [0.2, 0.25) is 0 Å². The van der Waals surface area contributed by atoms with Crippen molar-refractivity contribution in [1.29, 1.82) is 0 Å². The van der Waals surface area contributed by atoms with Gasteiger partial charge in [0.05, 0.1) is 5.66 Å². The minimum atomic E-state index is 0.127. The smallest absolute Gasteiger partial charge is 0.335 e. The topological polar surface area (TPSA) is 29.3 Å². The number of rotatable bonds is 1. The third-order valence-electron chi connectivity index (χ3n) is 4.48. The summed E-state index contributed by atoms with van der Waals surface area (Å²) in [6.45, 7) is 6.48. The molecule has 4 rings (SSSR count). The van der Waals surface area contributed by atoms with Crippen molar-refractivity contribution in [2.45, 2.75) is 20.7 Å². The molecule has 4 heteroatoms. The highest BCUT2D eigenvalue weighted by atomic mass is 16.3. The fourth-order valence-electron chi connectivity index (χ4n) is 3.00. The van der Waals surface area contributed by atoms with Gasteiger partial charge in [-0.2, -0.15) is 0 Å². The van der Waals surface area contributed by atoms with E-state index in [4.69, 9.17) is 4.42 Å². The van der Waals surface area contributed by atoms with E-state index in [1.165, 1.54) is 22.1 Å². The molecule has 0 spiro atoms. The van der Waals surface area contributed by atoms with Crippen LogP contribution in [-0.4, -0.2) is 11.8 Å². The molecule has 1 aliphatic heterocycles. The number of furan rings is 1. The van der Waals surface area contributed by atoms with Gasteiger partial charge < -0.3 is 9.23 Å². The van der Waals surface area contributed by atoms with Crippen molar-refractivity contribution in [3.05, 3.63) is 59.4 Å². The number of benzene rings is 1. The van der Waals surface area contributed by atoms with Gasteiger partial charge in [-0.3, -0.25) is 0 Å². The minimum absolute atomic E-state index is 0.127. The number of nitrogens with zero attached hydrogens (tertiary/aromatic N) is 2. The predicted octanol–water partition coefficient (Wildman–Crippen LogP) is 3.76. The SMILES string of the molecule is CB1c2oc3ccccc3c2C=CN1c1cc(C)c(C)cn1. The fourth-order valence-corrected chi connectivity index (χ4v) is 3.00. The zero-order valence-corrected chi connectivity index (χ0v) is 13.0. The Morgan fingerprint density at radius 3 is 2.77 bits per heavy atom. The van der Waals surface area contributed by atoms with Crippen molar-refractivity contribution < 1.29 is 4.42 Å². The molecule has 22 heavy (non-hydrogen) atoms. The van der Waals surface area contributed by atoms with Crippen LogP contribution >= 0.6 is 0 Å². The zero-order chi connectivity index (χ0) is 15.3. The van der Waals surface area contributed by atoms with Crippen LogP contribution < -0.4 is 10.5 Å². The van der Waals surface area contributed by atoms with Crippen LogP contribution in [0.2, 0.25) is 6.82 Å². The quantitative estimate of drug-likeness (QED) is 0.638. The summed E-state index contributed by atoms with van der Waals surface area (Å²) in [6, 6.07) is 10.3. The fraction of sp³-hybridized carbons (Fsp3) is 0.167. The number of para-hydroxylation sites is 1. The van der Waals surface area contributed by atoms with Gasteiger partial charge in [0.1, 0.15) is 11.4 Å². The summed E-state index contributed by atoms with van der Waals surface area (Å²) >= 11 is 0. The Morgan fingerprint density at radius 1 is 1.14 bits per heavy atom. The average molecular weight is 288 g/mol. The van der Waals surface area contributed by atoms with Crippen LogP contribution in [0.15, 0.2) is 47.1 Å². The van der Waals surface area contributed by atoms with Gasteiger partial charge in [0.25, 0.3) is 0 Å². The Labute approximate surface area is 130 Å². The first-order chi connectivity index (χ1) is 10.6. The molecule has 1 aromatic carbocycles. The molecule has 0 bridgehead atoms. The molecule has 0 saturated heterocycles. The van der Waals surface area contributed by atoms with Crippen LogP contribution in [0.4, 0.5) is 5.82 Å². The van der Waals surface area contributed by atoms with E-state index in [0.717, 1.165) is 17.1 Å². The molecule has 0 atom stereocenters. The molecular formula is C18H17BN2O. The Kier molecular flexibility index (Phi) is 2.86. The summed E-state index contributed by atoms with van der Waals surface area (Å²) in [6.07, 6.45) is 6.16. The summed E-state index contributed by atoms with van der Waals surface area (Å²) < 4.78 is 6.09. The predicted molar refractivity (Wildman–Crippen MR) is 92.7 cm³/mol. The van der Waals surface area contributed by atoms with Gasteiger partial charge >= 0.3 is 6.85 Å². The van der Waals surface area contributed by atoms with Crippen LogP contribution in [0.3, 0.4) is 0 Å². The third kappa shape index (κ3) is 1.87. The highest BCUT2D eigenvalue weighted by Crippen LogP contribution is 2.27. The number of anilines is 1. The number of pyridine rings is 1. The summed E-state index contributed by atoms with van der Waals surface area (Å²) in [5.41, 5.74) is 5.59. The number of hydrogen-bond acceptors (Lipinski definition) is 3. The van der Waals surface area contributed by atoms with Gasteiger partial charge in [-0.05, 0) is 49.4 Å². The van der Waals surface area contributed by atoms with Gasteiger partial charge in [0, 0.05) is 17.1 Å². The van der Waals surface area contributed by atoms with Crippen molar-refractivity contribution in [3.8, 4) is 0 Å². The molecule has 0 aliphatic carbocycles. The lowest BCUT2D eigenvalue weighted by Crippen LogP contribution is -2.46. The van der Waals surface area contributed by atoms with Crippen LogP contribution in [-0.2, 0) is 0 Å². The zero-order valence-electron chi connectivity index (χ0n) is 13.0. The molecule has 108 valence electrons. The second-order valence-corrected chi connectivity index (χ2v) is 5.90. The lowest BCUT2D eigenvalue weighted by Gasteiger charge is -2.27. The Morgan fingerprint density at radius 2 is 1.95 bits per heavy atom. The molecule has 0 N–H and O–H groups in total. The Hall–Kier alpha value is -2.49. The lowest BCUT2D eigenvalue weighted by molar-refractivity contribution is 0.648. The van der Waals surface area contributed by atoms with Gasteiger partial charge in [0.15, 0.2) is 0 Å². The molecular weight excluding hydrogens is 271 g/mol. The molecule has 0 unspecified atom stereocenters. The largest absolute Gasteiger partial charge is 0.468 e. The summed E-state index contributed by atoms with van der Waals surface area (Å²) in [7, 11) is 0. The van der Waals surface area contributed by atoms with E-state index in [1.54, 1.807) is 0 Å². The highest BCUT2D eigenvalue weighted by Gasteiger charge is 2.30. The van der Waals surface area contributed by atoms with E-state index in [0.29, 0.717) is 0 Å². The van der Waals surface area contributed by atoms with Crippen molar-refractivity contribution in [2.24, 2.45) is 0 Å². The maximum Gasteiger partial charge on any atom is 0.335 e. The summed E-state index contributed by atoms with van der Waals surface area (Å²) in [5.74, 6) is 0.956. The lowest BCUT2D eigenvalue weighted by atomic mass is 9.58. The van der Waals surface area contributed by atoms with E-state index in [1.807, 2.05) is 24.4 Å². The maximum absolute atomic E-state index is 6.09. The highest BCUT2D eigenvalue weighted by molar-refractivity contribution is 6.76. The molecule has 0 amide bonds. The Balaban J connectivity index is 1.82. The molecule has 0 saturated carbocycles. The third-order valence-corrected chi connectivity index (χ3v) is 4.48. The van der Waals surface area contributed by atoms with Crippen molar-refractivity contribution in [1.82, 2.24) is 4.98 Å². The molecule has 0 radical (unpaired) electrons. The summed E-state index contributed by atoms with van der Waals surface area (Å²) in [5, 5.41) is 1.17. The van der Waals surface area contributed by atoms with E-state index in [9.17, 15) is 0 Å². The monoisotopic (exact) mass is 288 g/mol. The first-order valence-electron chi connectivity index (χ1n) is 7.56. The molecule has 3 nitrogen and oxygen atoms in total. The maximum atomic E-state index is 6.09. The van der Waals surface area contributed by atoms with E-state index in [2.05, 4.69) is 54.9 Å². The number of aryl methyl sites for hydroxylation is 2. The van der Waals surface area contributed by atoms with Crippen molar-refractivity contribution in [2.75, 3.05) is 4.81 Å². The van der Waals surface area contributed by atoms with E-state index < -0.39 is 0 Å². The van der Waals surface area contributed by atoms with Gasteiger partial charge in [-0.25, -0.2) is 4.98 Å². The number of aromatic nitrogens is 1. The van der Waals surface area contributed by atoms with Gasteiger partial charge in [-0.1, -0.05) is 25.0 Å². The number of hydrogen-bond donors (Lipinski definition) is 0. The van der Waals surface area contributed by atoms with Crippen LogP contribution in [0.25, 0.3) is 17.0 Å². The van der Waals surface area contributed by atoms with Crippen LogP contribution in [0.5, 0.6) is 0 Å². The second-order valence-electron chi connectivity index (χ2n) is 5.90. The van der Waals surface area contributed by atoms with E-state index >= 15 is 0 Å². The molecule has 3 heterocycles. The standard InChI is InChI=1S/C18H17BN2O/c1-12-10-17(20-11-13(12)2)21-9-8-15-14-6-4-5-7-16(14)22-18(15)19(21)3/h4-11H,1-3H3. The summed E-state index contributed by atoms with van der Waals surface area (Å²) in [4.78, 5) is 6.74. The van der Waals surface area contributed by atoms with Crippen LogP contribution in [0.1, 0.15) is 16.7 Å². The molecule has 3 aromatic rings. The minimum Gasteiger partial charge on any atom is -0.468 e. The first-order valence-corrected chi connectivity index (χ1v) is 7.56. The van der Waals surface area contributed by atoms with Crippen LogP contribution in [0, 0.1) is 13.8 Å². The van der Waals surface area contributed by atoms with E-state index in [-0.39, 0.29) is 6.85 Å².